The fourth-order valence-electron chi connectivity index (χ4n) is 2.02. The third kappa shape index (κ3) is 3.24. The fourth-order valence-corrected chi connectivity index (χ4v) is 2.19. The molecule has 0 aromatic heterocycles. The Morgan fingerprint density at radius 1 is 1.47 bits per heavy atom. The molecule has 1 unspecified atom stereocenters. The molecule has 1 aliphatic heterocycles. The number of anilines is 1. The third-order valence-corrected chi connectivity index (χ3v) is 3.31. The molecule has 1 heterocycles. The average Bonchev–Trinajstić information content (AvgIpc) is 2.94. The molecular formula is C13H15ClN2O3. The number of hydrogen-bond donors (Lipinski definition) is 2. The van der Waals surface area contributed by atoms with Crippen LogP contribution in [0.25, 0.3) is 0 Å². The Bertz CT molecular complexity index is 499. The quantitative estimate of drug-likeness (QED) is 0.828. The van der Waals surface area contributed by atoms with Crippen LogP contribution in [0.1, 0.15) is 16.8 Å². The Morgan fingerprint density at radius 3 is 2.89 bits per heavy atom. The van der Waals surface area contributed by atoms with E-state index >= 15 is 0 Å². The molecule has 0 bridgehead atoms. The van der Waals surface area contributed by atoms with Crippen LogP contribution in [-0.2, 0) is 9.53 Å². The van der Waals surface area contributed by atoms with E-state index in [1.807, 2.05) is 0 Å². The molecule has 1 aromatic rings. The summed E-state index contributed by atoms with van der Waals surface area (Å²) in [5.41, 5.74) is 0.683. The van der Waals surface area contributed by atoms with Gasteiger partial charge >= 0.3 is 5.97 Å². The van der Waals surface area contributed by atoms with Crippen LogP contribution >= 0.6 is 11.6 Å². The summed E-state index contributed by atoms with van der Waals surface area (Å²) in [5, 5.41) is 6.30. The van der Waals surface area contributed by atoms with E-state index in [1.54, 1.807) is 12.1 Å². The molecule has 1 aliphatic rings. The molecule has 0 radical (unpaired) electrons. The van der Waals surface area contributed by atoms with Crippen molar-refractivity contribution in [3.63, 3.8) is 0 Å². The van der Waals surface area contributed by atoms with Crippen LogP contribution in [0.5, 0.6) is 0 Å². The average molecular weight is 283 g/mol. The molecule has 1 amide bonds. The predicted molar refractivity (Wildman–Crippen MR) is 72.4 cm³/mol. The lowest BCUT2D eigenvalue weighted by atomic mass is 10.1. The second-order valence-electron chi connectivity index (χ2n) is 4.36. The predicted octanol–water partition coefficient (Wildman–Crippen LogP) is 1.67. The van der Waals surface area contributed by atoms with E-state index in [-0.39, 0.29) is 17.4 Å². The Kier molecular flexibility index (Phi) is 4.39. The molecule has 1 aromatic carbocycles. The first-order chi connectivity index (χ1) is 9.11. The summed E-state index contributed by atoms with van der Waals surface area (Å²) >= 11 is 5.85. The van der Waals surface area contributed by atoms with E-state index in [0.717, 1.165) is 13.0 Å². The van der Waals surface area contributed by atoms with Crippen LogP contribution < -0.4 is 10.6 Å². The Hall–Kier alpha value is -1.59. The van der Waals surface area contributed by atoms with Gasteiger partial charge in [-0.05, 0) is 31.2 Å². The number of nitrogens with one attached hydrogen (secondary N) is 2. The minimum Gasteiger partial charge on any atom is -0.465 e. The number of carbonyl (C=O) groups excluding carboxylic acids is 2. The van der Waals surface area contributed by atoms with Gasteiger partial charge < -0.3 is 15.4 Å². The van der Waals surface area contributed by atoms with Gasteiger partial charge in [-0.2, -0.15) is 0 Å². The topological polar surface area (TPSA) is 67.4 Å². The summed E-state index contributed by atoms with van der Waals surface area (Å²) in [6.07, 6.45) is 0.799. The fraction of sp³-hybridized carbons (Fsp3) is 0.385. The third-order valence-electron chi connectivity index (χ3n) is 3.08. The smallest absolute Gasteiger partial charge is 0.340 e. The first kappa shape index (κ1) is 13.8. The van der Waals surface area contributed by atoms with E-state index in [4.69, 9.17) is 11.6 Å². The second-order valence-corrected chi connectivity index (χ2v) is 4.80. The van der Waals surface area contributed by atoms with Crippen LogP contribution in [0.2, 0.25) is 5.02 Å². The van der Waals surface area contributed by atoms with Crippen LogP contribution in [0.3, 0.4) is 0 Å². The maximum Gasteiger partial charge on any atom is 0.340 e. The number of methoxy groups -OCH3 is 1. The normalized spacial score (nSPS) is 18.1. The largest absolute Gasteiger partial charge is 0.465 e. The van der Waals surface area contributed by atoms with E-state index < -0.39 is 5.97 Å². The SMILES string of the molecule is COC(=O)c1cc(Cl)ccc1NC(=O)C1CCNC1. The van der Waals surface area contributed by atoms with Gasteiger partial charge in [0.15, 0.2) is 0 Å². The van der Waals surface area contributed by atoms with Gasteiger partial charge in [-0.25, -0.2) is 4.79 Å². The zero-order chi connectivity index (χ0) is 13.8. The van der Waals surface area contributed by atoms with Gasteiger partial charge in [-0.15, -0.1) is 0 Å². The van der Waals surface area contributed by atoms with Crippen molar-refractivity contribution in [2.24, 2.45) is 5.92 Å². The molecular weight excluding hydrogens is 268 g/mol. The van der Waals surface area contributed by atoms with Gasteiger partial charge in [-0.1, -0.05) is 11.6 Å². The Labute approximate surface area is 116 Å². The van der Waals surface area contributed by atoms with E-state index in [9.17, 15) is 9.59 Å². The number of esters is 1. The van der Waals surface area contributed by atoms with Gasteiger partial charge in [0.2, 0.25) is 5.91 Å². The minimum atomic E-state index is -0.526. The van der Waals surface area contributed by atoms with Crippen molar-refractivity contribution in [3.05, 3.63) is 28.8 Å². The highest BCUT2D eigenvalue weighted by atomic mass is 35.5. The number of hydrogen-bond acceptors (Lipinski definition) is 4. The van der Waals surface area contributed by atoms with Crippen LogP contribution in [-0.4, -0.2) is 32.1 Å². The van der Waals surface area contributed by atoms with Crippen molar-refractivity contribution in [3.8, 4) is 0 Å². The molecule has 0 aliphatic carbocycles. The van der Waals surface area contributed by atoms with Crippen LogP contribution in [0.4, 0.5) is 5.69 Å². The first-order valence-corrected chi connectivity index (χ1v) is 6.39. The molecule has 0 saturated carbocycles. The lowest BCUT2D eigenvalue weighted by molar-refractivity contribution is -0.119. The highest BCUT2D eigenvalue weighted by Crippen LogP contribution is 2.22. The van der Waals surface area contributed by atoms with Gasteiger partial charge in [0.1, 0.15) is 0 Å². The van der Waals surface area contributed by atoms with Crippen molar-refractivity contribution < 1.29 is 14.3 Å². The molecule has 6 heteroatoms. The maximum absolute atomic E-state index is 12.0. The zero-order valence-electron chi connectivity index (χ0n) is 10.5. The second kappa shape index (κ2) is 6.04. The lowest BCUT2D eigenvalue weighted by Gasteiger charge is -2.13. The van der Waals surface area contributed by atoms with Crippen molar-refractivity contribution >= 4 is 29.2 Å². The van der Waals surface area contributed by atoms with Crippen molar-refractivity contribution in [1.29, 1.82) is 0 Å². The van der Waals surface area contributed by atoms with E-state index in [0.29, 0.717) is 17.3 Å². The van der Waals surface area contributed by atoms with Crippen molar-refractivity contribution in [2.45, 2.75) is 6.42 Å². The summed E-state index contributed by atoms with van der Waals surface area (Å²) < 4.78 is 4.68. The highest BCUT2D eigenvalue weighted by Gasteiger charge is 2.24. The van der Waals surface area contributed by atoms with Gasteiger partial charge in [0.05, 0.1) is 24.3 Å². The van der Waals surface area contributed by atoms with Gasteiger partial charge in [0.25, 0.3) is 0 Å². The monoisotopic (exact) mass is 282 g/mol. The van der Waals surface area contributed by atoms with Gasteiger partial charge in [0, 0.05) is 11.6 Å². The number of amides is 1. The van der Waals surface area contributed by atoms with E-state index in [2.05, 4.69) is 15.4 Å². The van der Waals surface area contributed by atoms with Gasteiger partial charge in [-0.3, -0.25) is 4.79 Å². The zero-order valence-corrected chi connectivity index (χ0v) is 11.3. The van der Waals surface area contributed by atoms with Crippen molar-refractivity contribution in [2.75, 3.05) is 25.5 Å². The van der Waals surface area contributed by atoms with Crippen molar-refractivity contribution in [1.82, 2.24) is 5.32 Å². The molecule has 1 atom stereocenters. The summed E-state index contributed by atoms with van der Waals surface area (Å²) in [5.74, 6) is -0.694. The number of benzene rings is 1. The Morgan fingerprint density at radius 2 is 2.26 bits per heavy atom. The Balaban J connectivity index is 2.19. The molecule has 1 saturated heterocycles. The summed E-state index contributed by atoms with van der Waals surface area (Å²) in [6.45, 7) is 1.50. The molecule has 2 rings (SSSR count). The standard InChI is InChI=1S/C13H15ClN2O3/c1-19-13(18)10-6-9(14)2-3-11(10)16-12(17)8-4-5-15-7-8/h2-3,6,8,15H,4-5,7H2,1H3,(H,16,17). The van der Waals surface area contributed by atoms with Crippen LogP contribution in [0, 0.1) is 5.92 Å². The lowest BCUT2D eigenvalue weighted by Crippen LogP contribution is -2.25. The number of halogens is 1. The molecule has 1 fully saturated rings. The maximum atomic E-state index is 12.0. The highest BCUT2D eigenvalue weighted by molar-refractivity contribution is 6.31. The molecule has 5 nitrogen and oxygen atoms in total. The summed E-state index contributed by atoms with van der Waals surface area (Å²) in [6, 6.07) is 4.71. The summed E-state index contributed by atoms with van der Waals surface area (Å²) in [7, 11) is 1.29. The first-order valence-electron chi connectivity index (χ1n) is 6.01. The molecule has 102 valence electrons. The minimum absolute atomic E-state index is 0.0684. The molecule has 19 heavy (non-hydrogen) atoms. The molecule has 2 N–H and O–H groups in total. The number of carbonyl (C=O) groups is 2. The van der Waals surface area contributed by atoms with E-state index in [1.165, 1.54) is 13.2 Å². The van der Waals surface area contributed by atoms with Crippen LogP contribution in [0.15, 0.2) is 18.2 Å². The molecule has 0 spiro atoms. The summed E-state index contributed by atoms with van der Waals surface area (Å²) in [4.78, 5) is 23.7. The number of ether oxygens (including phenoxy) is 1. The number of rotatable bonds is 3.